The van der Waals surface area contributed by atoms with Crippen LogP contribution in [0.25, 0.3) is 5.73 Å². The van der Waals surface area contributed by atoms with Crippen molar-refractivity contribution < 1.29 is 40.9 Å². The second kappa shape index (κ2) is 31.6. The van der Waals surface area contributed by atoms with Crippen molar-refractivity contribution in [1.29, 1.82) is 0 Å². The number of rotatable bonds is 18. The minimum atomic E-state index is -0.661. The normalized spacial score (nSPS) is 16.7. The number of hydrogen-bond acceptors (Lipinski definition) is 2. The van der Waals surface area contributed by atoms with Gasteiger partial charge >= 0.3 is 33.0 Å². The first-order chi connectivity index (χ1) is 16.3. The molecule has 1 aliphatic rings. The van der Waals surface area contributed by atoms with E-state index in [0.29, 0.717) is 18.8 Å². The minimum absolute atomic E-state index is 0. The van der Waals surface area contributed by atoms with E-state index in [1.165, 1.54) is 96.3 Å². The van der Waals surface area contributed by atoms with Gasteiger partial charge in [-0.2, -0.15) is 12.0 Å². The summed E-state index contributed by atoms with van der Waals surface area (Å²) in [6, 6.07) is 0.142. The molecule has 1 rings (SSSR count). The Morgan fingerprint density at radius 3 is 1.23 bits per heavy atom. The molecule has 0 saturated heterocycles. The van der Waals surface area contributed by atoms with Gasteiger partial charge in [0, 0.05) is 12.8 Å². The van der Waals surface area contributed by atoms with E-state index >= 15 is 0 Å². The SMILES string of the molecule is CCCCCCCCCCC(=O)O.CCCCCCCCCCC(=O)O.[CH2-][C@@H]1CCCC[C@H]1[NH-].[Pt+2]. The first kappa shape index (κ1) is 39.1. The Morgan fingerprint density at radius 1 is 0.657 bits per heavy atom. The Bertz CT molecular complexity index is 408. The van der Waals surface area contributed by atoms with Gasteiger partial charge in [0.1, 0.15) is 0 Å². The molecule has 0 bridgehead atoms. The van der Waals surface area contributed by atoms with E-state index in [2.05, 4.69) is 20.8 Å². The maximum atomic E-state index is 10.2. The van der Waals surface area contributed by atoms with Crippen LogP contribution in [-0.2, 0) is 30.7 Å². The molecule has 0 aliphatic heterocycles. The Hall–Kier alpha value is -0.412. The van der Waals surface area contributed by atoms with E-state index in [9.17, 15) is 9.59 Å². The van der Waals surface area contributed by atoms with E-state index in [1.807, 2.05) is 0 Å². The van der Waals surface area contributed by atoms with Crippen LogP contribution in [0.3, 0.4) is 0 Å². The van der Waals surface area contributed by atoms with E-state index in [1.54, 1.807) is 0 Å². The summed E-state index contributed by atoms with van der Waals surface area (Å²) in [5, 5.41) is 16.8. The number of unbranched alkanes of at least 4 members (excludes halogenated alkanes) is 14. The fourth-order valence-corrected chi connectivity index (χ4v) is 4.03. The zero-order valence-corrected chi connectivity index (χ0v) is 25.2. The zero-order chi connectivity index (χ0) is 25.9. The Kier molecular flexibility index (Phi) is 35.3. The van der Waals surface area contributed by atoms with Crippen molar-refractivity contribution >= 4 is 11.9 Å². The molecule has 212 valence electrons. The smallest absolute Gasteiger partial charge is 0.677 e. The fourth-order valence-electron chi connectivity index (χ4n) is 4.03. The molecule has 35 heavy (non-hydrogen) atoms. The monoisotopic (exact) mass is 678 g/mol. The van der Waals surface area contributed by atoms with Crippen LogP contribution >= 0.6 is 0 Å². The molecular formula is C29H57NO4Pt. The van der Waals surface area contributed by atoms with Crippen LogP contribution in [-0.4, -0.2) is 28.2 Å². The van der Waals surface area contributed by atoms with Gasteiger partial charge in [0.25, 0.3) is 0 Å². The summed E-state index contributed by atoms with van der Waals surface area (Å²) >= 11 is 0. The molecule has 3 N–H and O–H groups in total. The van der Waals surface area contributed by atoms with E-state index < -0.39 is 11.9 Å². The molecule has 2 atom stereocenters. The molecule has 0 spiro atoms. The Morgan fingerprint density at radius 2 is 0.971 bits per heavy atom. The Balaban J connectivity index is -0.000000444. The average Bonchev–Trinajstić information content (AvgIpc) is 2.80. The van der Waals surface area contributed by atoms with Gasteiger partial charge in [0.05, 0.1) is 0 Å². The van der Waals surface area contributed by atoms with Crippen molar-refractivity contribution in [3.8, 4) is 0 Å². The van der Waals surface area contributed by atoms with Crippen molar-refractivity contribution in [3.63, 3.8) is 0 Å². The summed E-state index contributed by atoms with van der Waals surface area (Å²) in [5.74, 6) is -0.902. The molecule has 5 nitrogen and oxygen atoms in total. The van der Waals surface area contributed by atoms with Gasteiger partial charge in [-0.1, -0.05) is 129 Å². The molecule has 0 amide bonds. The van der Waals surface area contributed by atoms with Crippen LogP contribution < -0.4 is 0 Å². The average molecular weight is 679 g/mol. The third kappa shape index (κ3) is 35.8. The maximum absolute atomic E-state index is 10.2. The van der Waals surface area contributed by atoms with Gasteiger partial charge in [0.2, 0.25) is 0 Å². The molecule has 0 radical (unpaired) electrons. The molecule has 1 saturated carbocycles. The van der Waals surface area contributed by atoms with Gasteiger partial charge in [-0.05, 0) is 12.8 Å². The van der Waals surface area contributed by atoms with Gasteiger partial charge in [-0.25, -0.2) is 0 Å². The molecule has 6 heteroatoms. The Labute approximate surface area is 232 Å². The van der Waals surface area contributed by atoms with E-state index in [-0.39, 0.29) is 27.1 Å². The number of nitrogens with one attached hydrogen (secondary N) is 1. The number of aliphatic carboxylic acids is 2. The van der Waals surface area contributed by atoms with Crippen molar-refractivity contribution in [3.05, 3.63) is 12.7 Å². The van der Waals surface area contributed by atoms with Crippen molar-refractivity contribution in [2.24, 2.45) is 5.92 Å². The molecule has 0 heterocycles. The summed E-state index contributed by atoms with van der Waals surface area (Å²) < 4.78 is 0. The molecule has 0 unspecified atom stereocenters. The van der Waals surface area contributed by atoms with Crippen molar-refractivity contribution in [2.75, 3.05) is 0 Å². The predicted octanol–water partition coefficient (Wildman–Crippen LogP) is 9.63. The van der Waals surface area contributed by atoms with E-state index in [4.69, 9.17) is 15.9 Å². The fraction of sp³-hybridized carbons (Fsp3) is 0.897. The summed E-state index contributed by atoms with van der Waals surface area (Å²) in [5.41, 5.74) is 7.42. The molecule has 1 aliphatic carbocycles. The number of carbonyl (C=O) groups is 2. The van der Waals surface area contributed by atoms with Crippen LogP contribution in [0.15, 0.2) is 0 Å². The first-order valence-electron chi connectivity index (χ1n) is 14.3. The second-order valence-electron chi connectivity index (χ2n) is 9.89. The summed E-state index contributed by atoms with van der Waals surface area (Å²) in [6.45, 7) is 8.32. The quantitative estimate of drug-likeness (QED) is 0.111. The van der Waals surface area contributed by atoms with Crippen molar-refractivity contribution in [1.82, 2.24) is 0 Å². The molecule has 0 aromatic rings. The van der Waals surface area contributed by atoms with E-state index in [0.717, 1.165) is 32.1 Å². The van der Waals surface area contributed by atoms with Crippen LogP contribution in [0, 0.1) is 12.8 Å². The molecule has 1 fully saturated rings. The first-order valence-corrected chi connectivity index (χ1v) is 14.3. The summed E-state index contributed by atoms with van der Waals surface area (Å²) in [6.07, 6.45) is 24.9. The number of carboxylic acid groups (broad SMARTS) is 2. The van der Waals surface area contributed by atoms with Gasteiger partial charge in [-0.15, -0.1) is 0 Å². The standard InChI is InChI=1S/2C11H22O2.C7H13N.Pt/c2*1-2-3-4-5-6-7-8-9-10-11(12)13;1-6-4-2-3-5-7(6)8;/h2*2-10H2,1H3,(H,12,13);6-8H,1-5H2;/q;;-2;+2/t;;6-,7-;/m..1./s1. The van der Waals surface area contributed by atoms with Crippen LogP contribution in [0.2, 0.25) is 0 Å². The third-order valence-electron chi connectivity index (χ3n) is 6.40. The number of carboxylic acids is 2. The van der Waals surface area contributed by atoms with Gasteiger partial charge in [0.15, 0.2) is 0 Å². The summed E-state index contributed by atoms with van der Waals surface area (Å²) in [4.78, 5) is 20.3. The van der Waals surface area contributed by atoms with Crippen molar-refractivity contribution in [2.45, 2.75) is 161 Å². The number of hydrogen-bond donors (Lipinski definition) is 2. The molecule has 0 aromatic carbocycles. The summed E-state index contributed by atoms with van der Waals surface area (Å²) in [7, 11) is 0. The van der Waals surface area contributed by atoms with Gasteiger partial charge < -0.3 is 22.9 Å². The second-order valence-corrected chi connectivity index (χ2v) is 9.89. The molecular weight excluding hydrogens is 621 g/mol. The largest absolute Gasteiger partial charge is 2.00 e. The molecule has 0 aromatic heterocycles. The van der Waals surface area contributed by atoms with Gasteiger partial charge in [-0.3, -0.25) is 9.59 Å². The van der Waals surface area contributed by atoms with Crippen LogP contribution in [0.1, 0.15) is 155 Å². The topological polar surface area (TPSA) is 98.4 Å². The minimum Gasteiger partial charge on any atom is -0.677 e. The predicted molar refractivity (Wildman–Crippen MR) is 145 cm³/mol. The van der Waals surface area contributed by atoms with Crippen LogP contribution in [0.4, 0.5) is 0 Å². The maximum Gasteiger partial charge on any atom is 2.00 e. The third-order valence-corrected chi connectivity index (χ3v) is 6.40. The zero-order valence-electron chi connectivity index (χ0n) is 22.9. The van der Waals surface area contributed by atoms with Crippen LogP contribution in [0.5, 0.6) is 0 Å².